The van der Waals surface area contributed by atoms with Gasteiger partial charge in [0.05, 0.1) is 18.4 Å². The van der Waals surface area contributed by atoms with Crippen LogP contribution in [0.2, 0.25) is 0 Å². The van der Waals surface area contributed by atoms with Gasteiger partial charge in [-0.3, -0.25) is 4.79 Å². The zero-order valence-corrected chi connectivity index (χ0v) is 10.3. The summed E-state index contributed by atoms with van der Waals surface area (Å²) >= 11 is 0. The van der Waals surface area contributed by atoms with Gasteiger partial charge in [-0.1, -0.05) is 0 Å². The summed E-state index contributed by atoms with van der Waals surface area (Å²) < 4.78 is 5.31. The third-order valence-corrected chi connectivity index (χ3v) is 3.02. The van der Waals surface area contributed by atoms with E-state index < -0.39 is 0 Å². The minimum absolute atomic E-state index is 0.0697. The second-order valence-corrected chi connectivity index (χ2v) is 4.48. The average Bonchev–Trinajstić information content (AvgIpc) is 2.30. The first kappa shape index (κ1) is 12.7. The van der Waals surface area contributed by atoms with Crippen molar-refractivity contribution in [2.45, 2.75) is 31.9 Å². The molecule has 0 bridgehead atoms. The smallest absolute Gasteiger partial charge is 0.251 e. The fourth-order valence-electron chi connectivity index (χ4n) is 1.95. The van der Waals surface area contributed by atoms with E-state index in [1.807, 2.05) is 6.92 Å². The van der Waals surface area contributed by atoms with E-state index in [-0.39, 0.29) is 18.1 Å². The van der Waals surface area contributed by atoms with E-state index in [1.165, 1.54) is 0 Å². The van der Waals surface area contributed by atoms with E-state index in [0.29, 0.717) is 36.4 Å². The highest BCUT2D eigenvalue weighted by Crippen LogP contribution is 2.24. The van der Waals surface area contributed by atoms with Crippen LogP contribution >= 0.6 is 0 Å². The SMILES string of the molecule is CCOc1ccc(C(=O)NC2CC(O)C2)cc1N. The van der Waals surface area contributed by atoms with Crippen LogP contribution in [0.1, 0.15) is 30.1 Å². The number of benzene rings is 1. The Morgan fingerprint density at radius 1 is 1.56 bits per heavy atom. The quantitative estimate of drug-likeness (QED) is 0.694. The van der Waals surface area contributed by atoms with Gasteiger partial charge in [-0.15, -0.1) is 0 Å². The molecule has 5 nitrogen and oxygen atoms in total. The maximum absolute atomic E-state index is 11.9. The lowest BCUT2D eigenvalue weighted by molar-refractivity contribution is 0.0562. The van der Waals surface area contributed by atoms with Gasteiger partial charge in [-0.25, -0.2) is 0 Å². The Hall–Kier alpha value is -1.75. The van der Waals surface area contributed by atoms with Crippen LogP contribution in [-0.2, 0) is 0 Å². The van der Waals surface area contributed by atoms with Gasteiger partial charge in [0, 0.05) is 11.6 Å². The number of nitrogens with one attached hydrogen (secondary N) is 1. The first-order valence-electron chi connectivity index (χ1n) is 6.11. The van der Waals surface area contributed by atoms with Crippen molar-refractivity contribution in [2.24, 2.45) is 0 Å². The molecule has 0 saturated heterocycles. The highest BCUT2D eigenvalue weighted by molar-refractivity contribution is 5.95. The molecule has 98 valence electrons. The van der Waals surface area contributed by atoms with Crippen molar-refractivity contribution in [3.8, 4) is 5.75 Å². The van der Waals surface area contributed by atoms with Crippen LogP contribution in [0.3, 0.4) is 0 Å². The van der Waals surface area contributed by atoms with Crippen LogP contribution in [-0.4, -0.2) is 29.8 Å². The Labute approximate surface area is 106 Å². The molecule has 1 aliphatic carbocycles. The lowest BCUT2D eigenvalue weighted by atomic mass is 9.89. The van der Waals surface area contributed by atoms with Crippen LogP contribution in [0.25, 0.3) is 0 Å². The van der Waals surface area contributed by atoms with Crippen molar-refractivity contribution in [3.63, 3.8) is 0 Å². The summed E-state index contributed by atoms with van der Waals surface area (Å²) in [4.78, 5) is 11.9. The lowest BCUT2D eigenvalue weighted by Gasteiger charge is -2.31. The summed E-state index contributed by atoms with van der Waals surface area (Å²) in [6, 6.07) is 5.06. The van der Waals surface area contributed by atoms with Gasteiger partial charge in [-0.2, -0.15) is 0 Å². The Morgan fingerprint density at radius 3 is 2.83 bits per heavy atom. The van der Waals surface area contributed by atoms with Crippen molar-refractivity contribution >= 4 is 11.6 Å². The predicted molar refractivity (Wildman–Crippen MR) is 68.5 cm³/mol. The zero-order valence-electron chi connectivity index (χ0n) is 10.3. The monoisotopic (exact) mass is 250 g/mol. The van der Waals surface area contributed by atoms with Gasteiger partial charge >= 0.3 is 0 Å². The standard InChI is InChI=1S/C13H18N2O3/c1-2-18-12-4-3-8(5-11(12)14)13(17)15-9-6-10(16)7-9/h3-5,9-10,16H,2,6-7,14H2,1H3,(H,15,17). The number of carbonyl (C=O) groups excluding carboxylic acids is 1. The van der Waals surface area contributed by atoms with Crippen LogP contribution in [0.5, 0.6) is 5.75 Å². The Balaban J connectivity index is 2.00. The summed E-state index contributed by atoms with van der Waals surface area (Å²) in [6.07, 6.45) is 0.969. The number of ether oxygens (including phenoxy) is 1. The molecule has 0 spiro atoms. The molecule has 1 fully saturated rings. The first-order chi connectivity index (χ1) is 8.60. The Morgan fingerprint density at radius 2 is 2.28 bits per heavy atom. The summed E-state index contributed by atoms with van der Waals surface area (Å²) in [5, 5.41) is 12.0. The number of hydrogen-bond donors (Lipinski definition) is 3. The van der Waals surface area contributed by atoms with Crippen LogP contribution in [0, 0.1) is 0 Å². The molecule has 1 saturated carbocycles. The normalized spacial score (nSPS) is 22.1. The van der Waals surface area contributed by atoms with E-state index in [1.54, 1.807) is 18.2 Å². The molecule has 1 amide bonds. The molecule has 1 aromatic rings. The molecular weight excluding hydrogens is 232 g/mol. The number of rotatable bonds is 4. The largest absolute Gasteiger partial charge is 0.492 e. The number of carbonyl (C=O) groups is 1. The van der Waals surface area contributed by atoms with Crippen molar-refractivity contribution in [1.82, 2.24) is 5.32 Å². The second-order valence-electron chi connectivity index (χ2n) is 4.48. The number of aliphatic hydroxyl groups is 1. The summed E-state index contributed by atoms with van der Waals surface area (Å²) in [7, 11) is 0. The van der Waals surface area contributed by atoms with Gasteiger partial charge < -0.3 is 20.9 Å². The number of anilines is 1. The third-order valence-electron chi connectivity index (χ3n) is 3.02. The Kier molecular flexibility index (Phi) is 3.72. The highest BCUT2D eigenvalue weighted by atomic mass is 16.5. The molecule has 0 unspecified atom stereocenters. The third kappa shape index (κ3) is 2.73. The number of nitrogen functional groups attached to an aromatic ring is 1. The number of aliphatic hydroxyl groups excluding tert-OH is 1. The molecule has 2 rings (SSSR count). The van der Waals surface area contributed by atoms with Gasteiger partial charge in [0.2, 0.25) is 0 Å². The van der Waals surface area contributed by atoms with Crippen molar-refractivity contribution in [2.75, 3.05) is 12.3 Å². The maximum Gasteiger partial charge on any atom is 0.251 e. The molecule has 0 radical (unpaired) electrons. The summed E-state index contributed by atoms with van der Waals surface area (Å²) in [5.41, 5.74) is 6.77. The number of hydrogen-bond acceptors (Lipinski definition) is 4. The van der Waals surface area contributed by atoms with Crippen LogP contribution < -0.4 is 15.8 Å². The molecule has 0 aliphatic heterocycles. The molecule has 0 atom stereocenters. The zero-order chi connectivity index (χ0) is 13.1. The fraction of sp³-hybridized carbons (Fsp3) is 0.462. The first-order valence-corrected chi connectivity index (χ1v) is 6.11. The highest BCUT2D eigenvalue weighted by Gasteiger charge is 2.28. The minimum atomic E-state index is -0.277. The van der Waals surface area contributed by atoms with Gasteiger partial charge in [0.1, 0.15) is 5.75 Å². The van der Waals surface area contributed by atoms with Crippen molar-refractivity contribution < 1.29 is 14.6 Å². The Bertz CT molecular complexity index is 442. The summed E-state index contributed by atoms with van der Waals surface area (Å²) in [5.74, 6) is 0.426. The number of amides is 1. The lowest BCUT2D eigenvalue weighted by Crippen LogP contribution is -2.46. The maximum atomic E-state index is 11.9. The topological polar surface area (TPSA) is 84.6 Å². The van der Waals surface area contributed by atoms with Gasteiger partial charge in [0.25, 0.3) is 5.91 Å². The minimum Gasteiger partial charge on any atom is -0.492 e. The van der Waals surface area contributed by atoms with Crippen LogP contribution in [0.15, 0.2) is 18.2 Å². The fourth-order valence-corrected chi connectivity index (χ4v) is 1.95. The molecule has 1 aliphatic rings. The van der Waals surface area contributed by atoms with E-state index in [4.69, 9.17) is 15.6 Å². The van der Waals surface area contributed by atoms with E-state index in [2.05, 4.69) is 5.32 Å². The average molecular weight is 250 g/mol. The molecule has 5 heteroatoms. The second kappa shape index (κ2) is 5.27. The predicted octanol–water partition coefficient (Wildman–Crippen LogP) is 0.921. The molecule has 0 heterocycles. The molecule has 18 heavy (non-hydrogen) atoms. The molecule has 4 N–H and O–H groups in total. The van der Waals surface area contributed by atoms with E-state index in [9.17, 15) is 4.79 Å². The molecule has 0 aromatic heterocycles. The van der Waals surface area contributed by atoms with Crippen molar-refractivity contribution in [3.05, 3.63) is 23.8 Å². The number of nitrogens with two attached hydrogens (primary N) is 1. The summed E-state index contributed by atoms with van der Waals surface area (Å²) in [6.45, 7) is 2.41. The van der Waals surface area contributed by atoms with E-state index in [0.717, 1.165) is 0 Å². The van der Waals surface area contributed by atoms with Crippen LogP contribution in [0.4, 0.5) is 5.69 Å². The molecule has 1 aromatic carbocycles. The van der Waals surface area contributed by atoms with E-state index >= 15 is 0 Å². The van der Waals surface area contributed by atoms with Gasteiger partial charge in [-0.05, 0) is 38.0 Å². The van der Waals surface area contributed by atoms with Crippen molar-refractivity contribution in [1.29, 1.82) is 0 Å². The molecular formula is C13H18N2O3. The van der Waals surface area contributed by atoms with Gasteiger partial charge in [0.15, 0.2) is 0 Å².